The van der Waals surface area contributed by atoms with Crippen molar-refractivity contribution >= 4 is 35.1 Å². The van der Waals surface area contributed by atoms with Gasteiger partial charge in [-0.1, -0.05) is 42.3 Å². The first-order chi connectivity index (χ1) is 11.9. The number of carboxylic acids is 1. The number of nitrogens with zero attached hydrogens (tertiary/aromatic N) is 1. The van der Waals surface area contributed by atoms with Crippen LogP contribution in [0, 0.1) is 0 Å². The highest BCUT2D eigenvalue weighted by molar-refractivity contribution is 6.35. The first kappa shape index (κ1) is 19.0. The lowest BCUT2D eigenvalue weighted by atomic mass is 10.1. The van der Waals surface area contributed by atoms with Crippen LogP contribution < -0.4 is 10.1 Å². The molecular formula is C17H16Cl2N2O4. The molecule has 0 saturated carbocycles. The van der Waals surface area contributed by atoms with Crippen LogP contribution in [0.2, 0.25) is 10.0 Å². The van der Waals surface area contributed by atoms with E-state index in [0.717, 1.165) is 0 Å². The first-order valence-corrected chi connectivity index (χ1v) is 8.24. The van der Waals surface area contributed by atoms with Gasteiger partial charge in [0.15, 0.2) is 6.10 Å². The summed E-state index contributed by atoms with van der Waals surface area (Å²) in [5.74, 6) is -1.25. The van der Waals surface area contributed by atoms with E-state index < -0.39 is 12.1 Å². The van der Waals surface area contributed by atoms with Gasteiger partial charge in [0.25, 0.3) is 5.91 Å². The van der Waals surface area contributed by atoms with Crippen molar-refractivity contribution in [2.45, 2.75) is 26.0 Å². The molecule has 0 aliphatic carbocycles. The molecule has 0 spiro atoms. The lowest BCUT2D eigenvalue weighted by molar-refractivity contribution is -0.128. The Morgan fingerprint density at radius 3 is 2.72 bits per heavy atom. The third-order valence-electron chi connectivity index (χ3n) is 3.33. The van der Waals surface area contributed by atoms with Gasteiger partial charge < -0.3 is 15.2 Å². The summed E-state index contributed by atoms with van der Waals surface area (Å²) in [6, 6.07) is 7.82. The molecule has 0 radical (unpaired) electrons. The minimum absolute atomic E-state index is 0.126. The van der Waals surface area contributed by atoms with Gasteiger partial charge in [-0.25, -0.2) is 9.78 Å². The van der Waals surface area contributed by atoms with E-state index >= 15 is 0 Å². The Kier molecular flexibility index (Phi) is 6.61. The van der Waals surface area contributed by atoms with Crippen LogP contribution in [0.1, 0.15) is 29.3 Å². The monoisotopic (exact) mass is 382 g/mol. The summed E-state index contributed by atoms with van der Waals surface area (Å²) in [6.45, 7) is 1.97. The van der Waals surface area contributed by atoms with Crippen molar-refractivity contribution in [1.29, 1.82) is 0 Å². The molecule has 0 fully saturated rings. The number of aromatic nitrogens is 1. The van der Waals surface area contributed by atoms with Gasteiger partial charge in [0, 0.05) is 12.7 Å². The smallest absolute Gasteiger partial charge is 0.335 e. The number of aromatic carboxylic acids is 1. The van der Waals surface area contributed by atoms with Crippen molar-refractivity contribution in [2.75, 3.05) is 0 Å². The SMILES string of the molecule is CC[C@@H](Oc1ncc(Cl)cc1Cl)C(=O)NCc1cccc(C(=O)O)c1. The Morgan fingerprint density at radius 1 is 1.32 bits per heavy atom. The van der Waals surface area contributed by atoms with Gasteiger partial charge in [0.2, 0.25) is 5.88 Å². The molecule has 0 bridgehead atoms. The maximum atomic E-state index is 12.3. The van der Waals surface area contributed by atoms with Crippen LogP contribution in [0.5, 0.6) is 5.88 Å². The van der Waals surface area contributed by atoms with Gasteiger partial charge in [0.05, 0.1) is 10.6 Å². The van der Waals surface area contributed by atoms with Crippen LogP contribution in [0.25, 0.3) is 0 Å². The average molecular weight is 383 g/mol. The van der Waals surface area contributed by atoms with E-state index in [1.165, 1.54) is 24.4 Å². The topological polar surface area (TPSA) is 88.5 Å². The lowest BCUT2D eigenvalue weighted by Crippen LogP contribution is -2.37. The number of halogens is 2. The summed E-state index contributed by atoms with van der Waals surface area (Å²) in [4.78, 5) is 27.2. The fourth-order valence-electron chi connectivity index (χ4n) is 2.06. The molecule has 6 nitrogen and oxygen atoms in total. The molecule has 1 atom stereocenters. The van der Waals surface area contributed by atoms with E-state index in [1.54, 1.807) is 19.1 Å². The third kappa shape index (κ3) is 5.34. The van der Waals surface area contributed by atoms with Crippen LogP contribution in [0.15, 0.2) is 36.5 Å². The molecule has 2 N–H and O–H groups in total. The summed E-state index contributed by atoms with van der Waals surface area (Å²) in [5, 5.41) is 12.3. The quantitative estimate of drug-likeness (QED) is 0.763. The van der Waals surface area contributed by atoms with E-state index in [2.05, 4.69) is 10.3 Å². The standard InChI is InChI=1S/C17H16Cl2N2O4/c1-2-14(25-16-13(19)7-12(18)9-21-16)15(22)20-8-10-4-3-5-11(6-10)17(23)24/h3-7,9,14H,2,8H2,1H3,(H,20,22)(H,23,24)/t14-/m1/s1. The van der Waals surface area contributed by atoms with Crippen LogP contribution in [0.3, 0.4) is 0 Å². The largest absolute Gasteiger partial charge is 0.478 e. The maximum Gasteiger partial charge on any atom is 0.335 e. The summed E-state index contributed by atoms with van der Waals surface area (Å²) < 4.78 is 5.55. The summed E-state index contributed by atoms with van der Waals surface area (Å²) in [6.07, 6.45) is 1.00. The van der Waals surface area contributed by atoms with Crippen molar-refractivity contribution < 1.29 is 19.4 Å². The molecule has 0 aliphatic heterocycles. The van der Waals surface area contributed by atoms with Gasteiger partial charge >= 0.3 is 5.97 Å². The van der Waals surface area contributed by atoms with E-state index in [1.807, 2.05) is 0 Å². The second-order valence-corrected chi connectivity index (χ2v) is 6.02. The Morgan fingerprint density at radius 2 is 2.08 bits per heavy atom. The number of benzene rings is 1. The van der Waals surface area contributed by atoms with Crippen LogP contribution in [-0.2, 0) is 11.3 Å². The molecule has 0 saturated heterocycles. The second-order valence-electron chi connectivity index (χ2n) is 5.18. The average Bonchev–Trinajstić information content (AvgIpc) is 2.59. The van der Waals surface area contributed by atoms with E-state index in [9.17, 15) is 9.59 Å². The van der Waals surface area contributed by atoms with E-state index in [0.29, 0.717) is 17.0 Å². The second kappa shape index (κ2) is 8.69. The predicted octanol–water partition coefficient (Wildman–Crippen LogP) is 3.56. The Bertz CT molecular complexity index is 783. The molecule has 25 heavy (non-hydrogen) atoms. The fraction of sp³-hybridized carbons (Fsp3) is 0.235. The van der Waals surface area contributed by atoms with Crippen molar-refractivity contribution in [2.24, 2.45) is 0 Å². The number of carbonyl (C=O) groups excluding carboxylic acids is 1. The van der Waals surface area contributed by atoms with E-state index in [-0.39, 0.29) is 28.9 Å². The molecule has 8 heteroatoms. The zero-order valence-corrected chi connectivity index (χ0v) is 14.8. The number of carboxylic acid groups (broad SMARTS) is 1. The summed E-state index contributed by atoms with van der Waals surface area (Å²) in [7, 11) is 0. The van der Waals surface area contributed by atoms with Gasteiger partial charge in [-0.05, 0) is 30.2 Å². The minimum atomic E-state index is -1.02. The highest BCUT2D eigenvalue weighted by Crippen LogP contribution is 2.25. The van der Waals surface area contributed by atoms with E-state index in [4.69, 9.17) is 33.0 Å². The number of rotatable bonds is 7. The molecule has 2 rings (SSSR count). The number of pyridine rings is 1. The Labute approximate surface area is 154 Å². The van der Waals surface area contributed by atoms with Gasteiger partial charge in [-0.2, -0.15) is 0 Å². The Balaban J connectivity index is 2.00. The van der Waals surface area contributed by atoms with Crippen molar-refractivity contribution in [3.8, 4) is 5.88 Å². The Hall–Kier alpha value is -2.31. The molecule has 132 valence electrons. The molecule has 2 aromatic rings. The fourth-order valence-corrected chi connectivity index (χ4v) is 2.49. The molecule has 1 heterocycles. The summed E-state index contributed by atoms with van der Waals surface area (Å²) >= 11 is 11.8. The molecule has 1 aromatic heterocycles. The molecular weight excluding hydrogens is 367 g/mol. The highest BCUT2D eigenvalue weighted by Gasteiger charge is 2.20. The maximum absolute atomic E-state index is 12.3. The molecule has 0 aliphatic rings. The first-order valence-electron chi connectivity index (χ1n) is 7.48. The van der Waals surface area contributed by atoms with Crippen LogP contribution >= 0.6 is 23.2 Å². The van der Waals surface area contributed by atoms with Crippen molar-refractivity contribution in [1.82, 2.24) is 10.3 Å². The van der Waals surface area contributed by atoms with Crippen molar-refractivity contribution in [3.63, 3.8) is 0 Å². The van der Waals surface area contributed by atoms with Crippen LogP contribution in [-0.4, -0.2) is 28.1 Å². The molecule has 0 unspecified atom stereocenters. The van der Waals surface area contributed by atoms with Crippen LogP contribution in [0.4, 0.5) is 0 Å². The molecule has 1 aromatic carbocycles. The predicted molar refractivity (Wildman–Crippen MR) is 94.2 cm³/mol. The minimum Gasteiger partial charge on any atom is -0.478 e. The zero-order valence-electron chi connectivity index (χ0n) is 13.3. The van der Waals surface area contributed by atoms with Crippen molar-refractivity contribution in [3.05, 3.63) is 57.7 Å². The lowest BCUT2D eigenvalue weighted by Gasteiger charge is -2.17. The number of hydrogen-bond donors (Lipinski definition) is 2. The number of amides is 1. The highest BCUT2D eigenvalue weighted by atomic mass is 35.5. The zero-order chi connectivity index (χ0) is 18.4. The normalized spacial score (nSPS) is 11.6. The third-order valence-corrected chi connectivity index (χ3v) is 3.81. The van der Waals surface area contributed by atoms with Gasteiger partial charge in [0.1, 0.15) is 5.02 Å². The number of ether oxygens (including phenoxy) is 1. The van der Waals surface area contributed by atoms with Gasteiger partial charge in [-0.15, -0.1) is 0 Å². The van der Waals surface area contributed by atoms with Gasteiger partial charge in [-0.3, -0.25) is 4.79 Å². The summed E-state index contributed by atoms with van der Waals surface area (Å²) in [5.41, 5.74) is 0.831. The number of nitrogens with one attached hydrogen (secondary N) is 1. The number of hydrogen-bond acceptors (Lipinski definition) is 4. The number of carbonyl (C=O) groups is 2. The molecule has 1 amide bonds.